The summed E-state index contributed by atoms with van der Waals surface area (Å²) in [4.78, 5) is 15.2. The van der Waals surface area contributed by atoms with Gasteiger partial charge in [0.25, 0.3) is 5.91 Å². The Morgan fingerprint density at radius 1 is 0.929 bits per heavy atom. The smallest absolute Gasteiger partial charge is 0.275 e. The van der Waals surface area contributed by atoms with Crippen LogP contribution in [0.5, 0.6) is 5.75 Å². The van der Waals surface area contributed by atoms with Crippen LogP contribution in [0.3, 0.4) is 0 Å². The van der Waals surface area contributed by atoms with Crippen molar-refractivity contribution in [3.63, 3.8) is 0 Å². The van der Waals surface area contributed by atoms with Crippen LogP contribution in [0.2, 0.25) is 0 Å². The van der Waals surface area contributed by atoms with Gasteiger partial charge >= 0.3 is 0 Å². The number of ether oxygens (including phenoxy) is 1. The predicted molar refractivity (Wildman–Crippen MR) is 111 cm³/mol. The van der Waals surface area contributed by atoms with Gasteiger partial charge in [-0.1, -0.05) is 30.3 Å². The van der Waals surface area contributed by atoms with Crippen molar-refractivity contribution in [1.82, 2.24) is 5.32 Å². The molecule has 3 N–H and O–H groups in total. The fraction of sp³-hybridized carbons (Fsp3) is 0.435. The number of hydrogen-bond acceptors (Lipinski definition) is 2. The van der Waals surface area contributed by atoms with Crippen LogP contribution in [-0.4, -0.2) is 52.3 Å². The third-order valence-corrected chi connectivity index (χ3v) is 5.50. The number of hydrogen-bond donors (Lipinski definition) is 3. The van der Waals surface area contributed by atoms with Crippen LogP contribution in [0.1, 0.15) is 17.5 Å². The first-order chi connectivity index (χ1) is 13.7. The molecule has 0 aliphatic carbocycles. The number of carbonyl (C=O) groups is 1. The molecule has 28 heavy (non-hydrogen) atoms. The number of amides is 1. The number of nitrogens with one attached hydrogen (secondary N) is 3. The lowest BCUT2D eigenvalue weighted by molar-refractivity contribution is -1.02. The molecule has 0 bridgehead atoms. The highest BCUT2D eigenvalue weighted by Crippen LogP contribution is 2.10. The topological polar surface area (TPSA) is 47.2 Å². The summed E-state index contributed by atoms with van der Waals surface area (Å²) < 4.78 is 5.22. The number of methoxy groups -OCH3 is 1. The van der Waals surface area contributed by atoms with E-state index in [1.165, 1.54) is 16.0 Å². The second-order valence-electron chi connectivity index (χ2n) is 7.64. The fourth-order valence-corrected chi connectivity index (χ4v) is 3.80. The van der Waals surface area contributed by atoms with E-state index in [1.807, 2.05) is 18.2 Å². The Hall–Kier alpha value is -2.37. The zero-order valence-electron chi connectivity index (χ0n) is 16.9. The summed E-state index contributed by atoms with van der Waals surface area (Å²) in [7, 11) is 1.70. The Labute approximate surface area is 168 Å². The summed E-state index contributed by atoms with van der Waals surface area (Å²) in [5, 5.41) is 3.08. The molecular formula is C23H33N3O2+2. The van der Waals surface area contributed by atoms with Crippen LogP contribution >= 0.6 is 0 Å². The second kappa shape index (κ2) is 10.8. The summed E-state index contributed by atoms with van der Waals surface area (Å²) >= 11 is 0. The summed E-state index contributed by atoms with van der Waals surface area (Å²) in [6.45, 7) is 6.75. The summed E-state index contributed by atoms with van der Waals surface area (Å²) in [6.07, 6.45) is 2.01. The molecule has 1 saturated heterocycles. The average Bonchev–Trinajstić information content (AvgIpc) is 2.74. The van der Waals surface area contributed by atoms with Crippen molar-refractivity contribution in [1.29, 1.82) is 0 Å². The van der Waals surface area contributed by atoms with Gasteiger partial charge in [0.1, 0.15) is 38.5 Å². The fourth-order valence-electron chi connectivity index (χ4n) is 3.80. The minimum atomic E-state index is 0.182. The molecule has 1 aliphatic rings. The molecule has 0 radical (unpaired) electrons. The first-order valence-electron chi connectivity index (χ1n) is 10.3. The van der Waals surface area contributed by atoms with Gasteiger partial charge in [0.2, 0.25) is 0 Å². The normalized spacial score (nSPS) is 19.2. The summed E-state index contributed by atoms with van der Waals surface area (Å²) in [5.41, 5.74) is 2.67. The zero-order chi connectivity index (χ0) is 19.6. The number of quaternary nitrogens is 2. The van der Waals surface area contributed by atoms with Crippen LogP contribution in [-0.2, 0) is 17.8 Å². The van der Waals surface area contributed by atoms with E-state index in [-0.39, 0.29) is 5.91 Å². The van der Waals surface area contributed by atoms with Gasteiger partial charge < -0.3 is 19.9 Å². The van der Waals surface area contributed by atoms with Crippen LogP contribution in [0, 0.1) is 0 Å². The van der Waals surface area contributed by atoms with E-state index in [4.69, 9.17) is 4.74 Å². The maximum atomic E-state index is 12.2. The Kier molecular flexibility index (Phi) is 7.88. The van der Waals surface area contributed by atoms with E-state index in [9.17, 15) is 4.79 Å². The highest BCUT2D eigenvalue weighted by Gasteiger charge is 2.24. The van der Waals surface area contributed by atoms with Gasteiger partial charge in [-0.25, -0.2) is 0 Å². The van der Waals surface area contributed by atoms with Crippen molar-refractivity contribution in [3.05, 3.63) is 65.7 Å². The van der Waals surface area contributed by atoms with Gasteiger partial charge in [0.05, 0.1) is 7.11 Å². The molecule has 0 atom stereocenters. The van der Waals surface area contributed by atoms with Gasteiger partial charge in [-0.3, -0.25) is 4.79 Å². The lowest BCUT2D eigenvalue weighted by Gasteiger charge is -2.29. The largest absolute Gasteiger partial charge is 0.497 e. The van der Waals surface area contributed by atoms with E-state index in [0.717, 1.165) is 57.9 Å². The summed E-state index contributed by atoms with van der Waals surface area (Å²) in [6, 6.07) is 18.8. The maximum absolute atomic E-state index is 12.2. The molecule has 3 rings (SSSR count). The molecule has 2 aromatic rings. The van der Waals surface area contributed by atoms with Crippen molar-refractivity contribution >= 4 is 5.91 Å². The molecule has 0 spiro atoms. The van der Waals surface area contributed by atoms with E-state index in [0.29, 0.717) is 6.54 Å². The van der Waals surface area contributed by atoms with Crippen molar-refractivity contribution in [2.24, 2.45) is 0 Å². The molecule has 0 aromatic heterocycles. The van der Waals surface area contributed by atoms with Crippen LogP contribution in [0.15, 0.2) is 54.6 Å². The molecule has 150 valence electrons. The molecule has 1 fully saturated rings. The molecule has 5 nitrogen and oxygen atoms in total. The summed E-state index contributed by atoms with van der Waals surface area (Å²) in [5.74, 6) is 1.09. The number of piperazine rings is 1. The molecule has 1 heterocycles. The first kappa shape index (κ1) is 20.4. The van der Waals surface area contributed by atoms with Crippen molar-refractivity contribution in [2.45, 2.75) is 19.4 Å². The van der Waals surface area contributed by atoms with Crippen LogP contribution in [0.4, 0.5) is 0 Å². The molecule has 1 amide bonds. The third kappa shape index (κ3) is 6.66. The highest BCUT2D eigenvalue weighted by molar-refractivity contribution is 5.76. The molecule has 0 unspecified atom stereocenters. The highest BCUT2D eigenvalue weighted by atomic mass is 16.5. The molecule has 5 heteroatoms. The lowest BCUT2D eigenvalue weighted by atomic mass is 10.1. The Bertz CT molecular complexity index is 710. The number of rotatable bonds is 9. The maximum Gasteiger partial charge on any atom is 0.275 e. The quantitative estimate of drug-likeness (QED) is 0.522. The van der Waals surface area contributed by atoms with Crippen LogP contribution < -0.4 is 19.9 Å². The van der Waals surface area contributed by atoms with E-state index < -0.39 is 0 Å². The Balaban J connectivity index is 1.29. The lowest BCUT2D eigenvalue weighted by Crippen LogP contribution is -3.28. The standard InChI is InChI=1S/C23H31N3O2/c1-28-22-11-9-21(10-12-22)18-25-14-16-26(17-15-25)19-23(27)24-13-5-8-20-6-3-2-4-7-20/h2-4,6-7,9-12H,5,8,13-19H2,1H3,(H,24,27)/p+2. The zero-order valence-corrected chi connectivity index (χ0v) is 16.9. The number of aryl methyl sites for hydroxylation is 1. The van der Waals surface area contributed by atoms with Crippen LogP contribution in [0.25, 0.3) is 0 Å². The monoisotopic (exact) mass is 383 g/mol. The van der Waals surface area contributed by atoms with Gasteiger partial charge in [0, 0.05) is 12.1 Å². The molecule has 0 saturated carbocycles. The van der Waals surface area contributed by atoms with Crippen molar-refractivity contribution in [3.8, 4) is 5.75 Å². The minimum absolute atomic E-state index is 0.182. The van der Waals surface area contributed by atoms with Gasteiger partial charge in [-0.2, -0.15) is 0 Å². The van der Waals surface area contributed by atoms with Gasteiger partial charge in [-0.15, -0.1) is 0 Å². The predicted octanol–water partition coefficient (Wildman–Crippen LogP) is -0.272. The molecule has 1 aliphatic heterocycles. The second-order valence-corrected chi connectivity index (χ2v) is 7.64. The average molecular weight is 384 g/mol. The SMILES string of the molecule is COc1ccc(C[NH+]2CC[NH+](CC(=O)NCCCc3ccccc3)CC2)cc1. The number of carbonyl (C=O) groups excluding carboxylic acids is 1. The van der Waals surface area contributed by atoms with E-state index >= 15 is 0 Å². The Morgan fingerprint density at radius 2 is 1.61 bits per heavy atom. The minimum Gasteiger partial charge on any atom is -0.497 e. The van der Waals surface area contributed by atoms with Gasteiger partial charge in [-0.05, 0) is 42.7 Å². The third-order valence-electron chi connectivity index (χ3n) is 5.50. The molecular weight excluding hydrogens is 350 g/mol. The van der Waals surface area contributed by atoms with E-state index in [1.54, 1.807) is 12.0 Å². The van der Waals surface area contributed by atoms with Crippen molar-refractivity contribution in [2.75, 3.05) is 46.4 Å². The molecule has 2 aromatic carbocycles. The van der Waals surface area contributed by atoms with E-state index in [2.05, 4.69) is 41.7 Å². The first-order valence-corrected chi connectivity index (χ1v) is 10.3. The van der Waals surface area contributed by atoms with Gasteiger partial charge in [0.15, 0.2) is 6.54 Å². The number of benzene rings is 2. The van der Waals surface area contributed by atoms with Crippen molar-refractivity contribution < 1.29 is 19.3 Å². The Morgan fingerprint density at radius 3 is 2.29 bits per heavy atom.